The van der Waals surface area contributed by atoms with Crippen molar-refractivity contribution in [2.45, 2.75) is 135 Å². The number of carbonyl (C=O) groups excluding carboxylic acids is 1. The number of hydrogen-bond donors (Lipinski definition) is 0. The Kier molecular flexibility index (Phi) is 18.4. The molecule has 178 valence electrons. The van der Waals surface area contributed by atoms with Gasteiger partial charge in [-0.1, -0.05) is 141 Å². The Hall–Kier alpha value is -1.31. The summed E-state index contributed by atoms with van der Waals surface area (Å²) >= 11 is 0. The molecule has 0 radical (unpaired) electrons. The summed E-state index contributed by atoms with van der Waals surface area (Å²) in [5.41, 5.74) is 0.991. The van der Waals surface area contributed by atoms with Crippen LogP contribution in [0.25, 0.3) is 0 Å². The number of hydrogen-bond acceptors (Lipinski definition) is 1. The molecule has 0 aromatic heterocycles. The molecule has 0 unspecified atom stereocenters. The van der Waals surface area contributed by atoms with Crippen molar-refractivity contribution in [3.05, 3.63) is 30.3 Å². The van der Waals surface area contributed by atoms with E-state index in [1.165, 1.54) is 116 Å². The molecule has 2 heteroatoms. The van der Waals surface area contributed by atoms with E-state index in [1.807, 2.05) is 37.4 Å². The summed E-state index contributed by atoms with van der Waals surface area (Å²) in [5.74, 6) is 0.234. The molecule has 0 bridgehead atoms. The maximum Gasteiger partial charge on any atom is 0.226 e. The van der Waals surface area contributed by atoms with E-state index < -0.39 is 0 Å². The summed E-state index contributed by atoms with van der Waals surface area (Å²) in [7, 11) is 1.88. The van der Waals surface area contributed by atoms with Crippen molar-refractivity contribution < 1.29 is 4.79 Å². The van der Waals surface area contributed by atoms with Crippen LogP contribution in [0.5, 0.6) is 0 Å². The maximum absolute atomic E-state index is 12.3. The topological polar surface area (TPSA) is 20.3 Å². The average Bonchev–Trinajstić information content (AvgIpc) is 2.80. The standard InChI is InChI=1S/C29H51NO/c1-3-4-5-6-7-8-9-10-11-12-13-14-15-16-17-18-19-20-24-27-29(31)30(2)28-25-22-21-23-26-28/h21-23,25-26H,3-20,24,27H2,1-2H3. The van der Waals surface area contributed by atoms with E-state index in [1.54, 1.807) is 4.90 Å². The molecule has 0 spiro atoms. The second-order valence-electron chi connectivity index (χ2n) is 9.40. The molecule has 0 fully saturated rings. The van der Waals surface area contributed by atoms with Crippen molar-refractivity contribution in [3.8, 4) is 0 Å². The number of nitrogens with zero attached hydrogens (tertiary/aromatic N) is 1. The molecule has 0 aliphatic carbocycles. The van der Waals surface area contributed by atoms with Crippen molar-refractivity contribution in [2.24, 2.45) is 0 Å². The van der Waals surface area contributed by atoms with Gasteiger partial charge in [-0.25, -0.2) is 0 Å². The van der Waals surface area contributed by atoms with E-state index in [-0.39, 0.29) is 5.91 Å². The van der Waals surface area contributed by atoms with Crippen LogP contribution in [0.15, 0.2) is 30.3 Å². The first-order valence-corrected chi connectivity index (χ1v) is 13.6. The molecule has 1 rings (SSSR count). The number of rotatable bonds is 21. The number of benzene rings is 1. The van der Waals surface area contributed by atoms with Crippen molar-refractivity contribution >= 4 is 11.6 Å². The molecule has 31 heavy (non-hydrogen) atoms. The van der Waals surface area contributed by atoms with Gasteiger partial charge in [-0.15, -0.1) is 0 Å². The van der Waals surface area contributed by atoms with Gasteiger partial charge < -0.3 is 4.90 Å². The first kappa shape index (κ1) is 27.7. The Morgan fingerprint density at radius 1 is 0.581 bits per heavy atom. The summed E-state index contributed by atoms with van der Waals surface area (Å²) in [6, 6.07) is 9.94. The van der Waals surface area contributed by atoms with Gasteiger partial charge in [-0.05, 0) is 18.6 Å². The Balaban J connectivity index is 1.77. The predicted octanol–water partition coefficient (Wildman–Crippen LogP) is 9.47. The van der Waals surface area contributed by atoms with Gasteiger partial charge in [0.05, 0.1) is 0 Å². The first-order chi connectivity index (χ1) is 15.3. The van der Waals surface area contributed by atoms with Crippen LogP contribution in [0.3, 0.4) is 0 Å². The SMILES string of the molecule is CCCCCCCCCCCCCCCCCCCCCC(=O)N(C)c1ccccc1. The highest BCUT2D eigenvalue weighted by atomic mass is 16.2. The third-order valence-corrected chi connectivity index (χ3v) is 6.51. The molecular weight excluding hydrogens is 378 g/mol. The van der Waals surface area contributed by atoms with E-state index in [9.17, 15) is 4.79 Å². The second-order valence-corrected chi connectivity index (χ2v) is 9.40. The van der Waals surface area contributed by atoms with E-state index >= 15 is 0 Å². The van der Waals surface area contributed by atoms with Crippen LogP contribution >= 0.6 is 0 Å². The molecule has 0 N–H and O–H groups in total. The van der Waals surface area contributed by atoms with Gasteiger partial charge in [-0.3, -0.25) is 4.79 Å². The molecular formula is C29H51NO. The van der Waals surface area contributed by atoms with E-state index in [4.69, 9.17) is 0 Å². The molecule has 0 saturated heterocycles. The zero-order valence-corrected chi connectivity index (χ0v) is 20.9. The zero-order valence-electron chi connectivity index (χ0n) is 20.9. The number of amides is 1. The molecule has 0 aliphatic heterocycles. The highest BCUT2D eigenvalue weighted by Gasteiger charge is 2.09. The minimum atomic E-state index is 0.234. The van der Waals surface area contributed by atoms with E-state index in [0.29, 0.717) is 6.42 Å². The highest BCUT2D eigenvalue weighted by molar-refractivity contribution is 5.92. The van der Waals surface area contributed by atoms with Gasteiger partial charge >= 0.3 is 0 Å². The van der Waals surface area contributed by atoms with Crippen molar-refractivity contribution in [1.29, 1.82) is 0 Å². The van der Waals surface area contributed by atoms with E-state index in [2.05, 4.69) is 6.92 Å². The average molecular weight is 430 g/mol. The molecule has 2 nitrogen and oxygen atoms in total. The summed E-state index contributed by atoms with van der Waals surface area (Å²) in [5, 5.41) is 0. The van der Waals surface area contributed by atoms with Gasteiger partial charge in [0.25, 0.3) is 0 Å². The van der Waals surface area contributed by atoms with Crippen LogP contribution in [-0.4, -0.2) is 13.0 Å². The summed E-state index contributed by atoms with van der Waals surface area (Å²) in [6.45, 7) is 2.29. The minimum Gasteiger partial charge on any atom is -0.316 e. The monoisotopic (exact) mass is 429 g/mol. The number of anilines is 1. The van der Waals surface area contributed by atoms with Crippen LogP contribution in [0.1, 0.15) is 135 Å². The molecule has 1 aromatic rings. The lowest BCUT2D eigenvalue weighted by molar-refractivity contribution is -0.118. The fourth-order valence-electron chi connectivity index (χ4n) is 4.32. The predicted molar refractivity (Wildman–Crippen MR) is 138 cm³/mol. The lowest BCUT2D eigenvalue weighted by Crippen LogP contribution is -2.25. The van der Waals surface area contributed by atoms with Gasteiger partial charge in [-0.2, -0.15) is 0 Å². The Morgan fingerprint density at radius 2 is 0.935 bits per heavy atom. The molecule has 0 saturated carbocycles. The second kappa shape index (κ2) is 20.6. The molecule has 0 heterocycles. The van der Waals surface area contributed by atoms with Crippen LogP contribution < -0.4 is 4.90 Å². The zero-order chi connectivity index (χ0) is 22.4. The quantitative estimate of drug-likeness (QED) is 0.178. The highest BCUT2D eigenvalue weighted by Crippen LogP contribution is 2.16. The van der Waals surface area contributed by atoms with Gasteiger partial charge in [0.2, 0.25) is 5.91 Å². The van der Waals surface area contributed by atoms with Crippen molar-refractivity contribution in [2.75, 3.05) is 11.9 Å². The third-order valence-electron chi connectivity index (χ3n) is 6.51. The molecule has 0 atom stereocenters. The normalized spacial score (nSPS) is 11.0. The van der Waals surface area contributed by atoms with Crippen LogP contribution in [0, 0.1) is 0 Å². The first-order valence-electron chi connectivity index (χ1n) is 13.6. The number of carbonyl (C=O) groups is 1. The summed E-state index contributed by atoms with van der Waals surface area (Å²) < 4.78 is 0. The smallest absolute Gasteiger partial charge is 0.226 e. The third kappa shape index (κ3) is 16.0. The molecule has 0 aliphatic rings. The van der Waals surface area contributed by atoms with Crippen LogP contribution in [-0.2, 0) is 4.79 Å². The fraction of sp³-hybridized carbons (Fsp3) is 0.759. The van der Waals surface area contributed by atoms with Crippen molar-refractivity contribution in [3.63, 3.8) is 0 Å². The number of para-hydroxylation sites is 1. The summed E-state index contributed by atoms with van der Waals surface area (Å²) in [4.78, 5) is 14.0. The van der Waals surface area contributed by atoms with Gasteiger partial charge in [0.1, 0.15) is 0 Å². The lowest BCUT2D eigenvalue weighted by Gasteiger charge is -2.17. The molecule has 1 aromatic carbocycles. The number of unbranched alkanes of at least 4 members (excludes halogenated alkanes) is 18. The van der Waals surface area contributed by atoms with E-state index in [0.717, 1.165) is 12.1 Å². The minimum absolute atomic E-state index is 0.234. The Bertz CT molecular complexity index is 513. The fourth-order valence-corrected chi connectivity index (χ4v) is 4.32. The van der Waals surface area contributed by atoms with Gasteiger partial charge in [0, 0.05) is 19.2 Å². The molecule has 1 amide bonds. The van der Waals surface area contributed by atoms with Crippen LogP contribution in [0.4, 0.5) is 5.69 Å². The maximum atomic E-state index is 12.3. The van der Waals surface area contributed by atoms with Crippen LogP contribution in [0.2, 0.25) is 0 Å². The largest absolute Gasteiger partial charge is 0.316 e. The Labute approximate surface area is 194 Å². The Morgan fingerprint density at radius 3 is 1.32 bits per heavy atom. The summed E-state index contributed by atoms with van der Waals surface area (Å²) in [6.07, 6.45) is 27.0. The van der Waals surface area contributed by atoms with Gasteiger partial charge in [0.15, 0.2) is 0 Å². The lowest BCUT2D eigenvalue weighted by atomic mass is 10.0. The van der Waals surface area contributed by atoms with Crippen molar-refractivity contribution in [1.82, 2.24) is 0 Å².